The van der Waals surface area contributed by atoms with Crippen molar-refractivity contribution in [2.24, 2.45) is 0 Å². The molecule has 1 aliphatic heterocycles. The van der Waals surface area contributed by atoms with Gasteiger partial charge in [0.25, 0.3) is 0 Å². The molecule has 0 aromatic carbocycles. The summed E-state index contributed by atoms with van der Waals surface area (Å²) in [5, 5.41) is 0. The SMILES string of the molecule is C[C@H]1CCC2(CC2)O1. The van der Waals surface area contributed by atoms with E-state index in [0.717, 1.165) is 0 Å². The fourth-order valence-electron chi connectivity index (χ4n) is 1.52. The third kappa shape index (κ3) is 0.576. The highest BCUT2D eigenvalue weighted by molar-refractivity contribution is 4.99. The zero-order chi connectivity index (χ0) is 5.61. The Bertz CT molecular complexity index is 105. The van der Waals surface area contributed by atoms with Crippen LogP contribution < -0.4 is 0 Å². The third-order valence-electron chi connectivity index (χ3n) is 2.27. The first-order valence-electron chi connectivity index (χ1n) is 3.49. The molecule has 1 aliphatic carbocycles. The maximum absolute atomic E-state index is 5.66. The molecule has 1 heterocycles. The Morgan fingerprint density at radius 1 is 1.38 bits per heavy atom. The van der Waals surface area contributed by atoms with E-state index < -0.39 is 0 Å². The fourth-order valence-corrected chi connectivity index (χ4v) is 1.52. The molecule has 1 heteroatoms. The lowest BCUT2D eigenvalue weighted by atomic mass is 10.2. The van der Waals surface area contributed by atoms with Gasteiger partial charge in [0.05, 0.1) is 11.7 Å². The van der Waals surface area contributed by atoms with Gasteiger partial charge in [-0.05, 0) is 32.6 Å². The lowest BCUT2D eigenvalue weighted by Crippen LogP contribution is -2.07. The molecule has 46 valence electrons. The van der Waals surface area contributed by atoms with E-state index in [0.29, 0.717) is 11.7 Å². The predicted molar refractivity (Wildman–Crippen MR) is 31.7 cm³/mol. The molecule has 1 nitrogen and oxygen atoms in total. The first kappa shape index (κ1) is 4.80. The largest absolute Gasteiger partial charge is 0.372 e. The topological polar surface area (TPSA) is 9.23 Å². The molecule has 2 rings (SSSR count). The number of ether oxygens (including phenoxy) is 1. The summed E-state index contributed by atoms with van der Waals surface area (Å²) in [5.74, 6) is 0. The van der Waals surface area contributed by atoms with Gasteiger partial charge in [-0.1, -0.05) is 0 Å². The van der Waals surface area contributed by atoms with Crippen LogP contribution in [0.25, 0.3) is 0 Å². The summed E-state index contributed by atoms with van der Waals surface area (Å²) < 4.78 is 5.66. The summed E-state index contributed by atoms with van der Waals surface area (Å²) in [7, 11) is 0. The van der Waals surface area contributed by atoms with Gasteiger partial charge in [-0.3, -0.25) is 0 Å². The average Bonchev–Trinajstić information content (AvgIpc) is 2.34. The highest BCUT2D eigenvalue weighted by Gasteiger charge is 2.48. The smallest absolute Gasteiger partial charge is 0.0689 e. The van der Waals surface area contributed by atoms with Crippen molar-refractivity contribution in [3.05, 3.63) is 0 Å². The van der Waals surface area contributed by atoms with E-state index in [1.54, 1.807) is 0 Å². The van der Waals surface area contributed by atoms with Gasteiger partial charge in [-0.15, -0.1) is 0 Å². The second kappa shape index (κ2) is 1.27. The molecule has 8 heavy (non-hydrogen) atoms. The van der Waals surface area contributed by atoms with E-state index in [4.69, 9.17) is 4.74 Å². The van der Waals surface area contributed by atoms with Gasteiger partial charge in [0.1, 0.15) is 0 Å². The quantitative estimate of drug-likeness (QED) is 0.463. The van der Waals surface area contributed by atoms with Crippen molar-refractivity contribution in [3.63, 3.8) is 0 Å². The van der Waals surface area contributed by atoms with Crippen molar-refractivity contribution in [2.45, 2.75) is 44.3 Å². The Hall–Kier alpha value is -0.0400. The Labute approximate surface area is 50.0 Å². The number of rotatable bonds is 0. The van der Waals surface area contributed by atoms with Gasteiger partial charge in [-0.25, -0.2) is 0 Å². The van der Waals surface area contributed by atoms with Gasteiger partial charge in [0.2, 0.25) is 0 Å². The van der Waals surface area contributed by atoms with Crippen molar-refractivity contribution >= 4 is 0 Å². The van der Waals surface area contributed by atoms with Crippen LogP contribution in [0.2, 0.25) is 0 Å². The van der Waals surface area contributed by atoms with Crippen LogP contribution in [0.5, 0.6) is 0 Å². The Morgan fingerprint density at radius 2 is 2.12 bits per heavy atom. The van der Waals surface area contributed by atoms with E-state index in [2.05, 4.69) is 6.92 Å². The van der Waals surface area contributed by atoms with Crippen molar-refractivity contribution in [1.29, 1.82) is 0 Å². The minimum atomic E-state index is 0.416. The van der Waals surface area contributed by atoms with E-state index in [-0.39, 0.29) is 0 Å². The lowest BCUT2D eigenvalue weighted by Gasteiger charge is -2.05. The molecule has 1 atom stereocenters. The monoisotopic (exact) mass is 112 g/mol. The van der Waals surface area contributed by atoms with Crippen molar-refractivity contribution in [3.8, 4) is 0 Å². The molecule has 1 saturated carbocycles. The highest BCUT2D eigenvalue weighted by Crippen LogP contribution is 2.49. The van der Waals surface area contributed by atoms with Crippen LogP contribution in [-0.2, 0) is 4.74 Å². The number of hydrogen-bond donors (Lipinski definition) is 0. The first-order valence-corrected chi connectivity index (χ1v) is 3.49. The van der Waals surface area contributed by atoms with Gasteiger partial charge < -0.3 is 4.74 Å². The molecule has 0 amide bonds. The standard InChI is InChI=1S/C7H12O/c1-6-2-3-7(8-6)4-5-7/h6H,2-5H2,1H3/t6-/m0/s1. The van der Waals surface area contributed by atoms with Gasteiger partial charge in [-0.2, -0.15) is 0 Å². The first-order chi connectivity index (χ1) is 3.81. The van der Waals surface area contributed by atoms with Crippen LogP contribution in [0.1, 0.15) is 32.6 Å². The molecule has 0 unspecified atom stereocenters. The molecular formula is C7H12O. The van der Waals surface area contributed by atoms with E-state index >= 15 is 0 Å². The summed E-state index contributed by atoms with van der Waals surface area (Å²) in [5.41, 5.74) is 0.416. The molecule has 1 spiro atoms. The molecule has 0 aromatic rings. The van der Waals surface area contributed by atoms with Crippen LogP contribution in [0.15, 0.2) is 0 Å². The Kier molecular flexibility index (Phi) is 0.762. The third-order valence-corrected chi connectivity index (χ3v) is 2.27. The van der Waals surface area contributed by atoms with Gasteiger partial charge >= 0.3 is 0 Å². The van der Waals surface area contributed by atoms with E-state index in [1.165, 1.54) is 25.7 Å². The van der Waals surface area contributed by atoms with Gasteiger partial charge in [0.15, 0.2) is 0 Å². The van der Waals surface area contributed by atoms with E-state index in [9.17, 15) is 0 Å². The summed E-state index contributed by atoms with van der Waals surface area (Å²) in [4.78, 5) is 0. The second-order valence-corrected chi connectivity index (χ2v) is 3.15. The zero-order valence-corrected chi connectivity index (χ0v) is 5.31. The Morgan fingerprint density at radius 3 is 2.38 bits per heavy atom. The maximum Gasteiger partial charge on any atom is 0.0689 e. The van der Waals surface area contributed by atoms with Crippen LogP contribution >= 0.6 is 0 Å². The van der Waals surface area contributed by atoms with Gasteiger partial charge in [0, 0.05) is 0 Å². The molecule has 1 saturated heterocycles. The molecule has 2 fully saturated rings. The molecule has 0 bridgehead atoms. The summed E-state index contributed by atoms with van der Waals surface area (Å²) in [6.07, 6.45) is 5.83. The average molecular weight is 112 g/mol. The highest BCUT2D eigenvalue weighted by atomic mass is 16.5. The molecule has 0 radical (unpaired) electrons. The molecule has 0 N–H and O–H groups in total. The predicted octanol–water partition coefficient (Wildman–Crippen LogP) is 1.72. The Balaban J connectivity index is 2.03. The normalized spacial score (nSPS) is 40.9. The summed E-state index contributed by atoms with van der Waals surface area (Å²) >= 11 is 0. The van der Waals surface area contributed by atoms with E-state index in [1.807, 2.05) is 0 Å². The lowest BCUT2D eigenvalue weighted by molar-refractivity contribution is 0.0384. The molecule has 0 aromatic heterocycles. The van der Waals surface area contributed by atoms with Crippen molar-refractivity contribution < 1.29 is 4.74 Å². The van der Waals surface area contributed by atoms with Crippen LogP contribution in [0.3, 0.4) is 0 Å². The fraction of sp³-hybridized carbons (Fsp3) is 1.00. The molecular weight excluding hydrogens is 100 g/mol. The van der Waals surface area contributed by atoms with Crippen LogP contribution in [0, 0.1) is 0 Å². The van der Waals surface area contributed by atoms with Crippen LogP contribution in [0.4, 0.5) is 0 Å². The molecule has 2 aliphatic rings. The minimum Gasteiger partial charge on any atom is -0.372 e. The zero-order valence-electron chi connectivity index (χ0n) is 5.31. The maximum atomic E-state index is 5.66. The van der Waals surface area contributed by atoms with Crippen LogP contribution in [-0.4, -0.2) is 11.7 Å². The van der Waals surface area contributed by atoms with Crippen molar-refractivity contribution in [2.75, 3.05) is 0 Å². The number of hydrogen-bond acceptors (Lipinski definition) is 1. The van der Waals surface area contributed by atoms with Crippen molar-refractivity contribution in [1.82, 2.24) is 0 Å². The summed E-state index contributed by atoms with van der Waals surface area (Å²) in [6, 6.07) is 0. The minimum absolute atomic E-state index is 0.416. The summed E-state index contributed by atoms with van der Waals surface area (Å²) in [6.45, 7) is 2.17. The second-order valence-electron chi connectivity index (χ2n) is 3.15.